The molecule has 2 aliphatic rings. The lowest BCUT2D eigenvalue weighted by Gasteiger charge is -2.28. The molecule has 1 aromatic carbocycles. The van der Waals surface area contributed by atoms with E-state index in [1.165, 1.54) is 18.1 Å². The second kappa shape index (κ2) is 9.38. The zero-order valence-corrected chi connectivity index (χ0v) is 17.8. The van der Waals surface area contributed by atoms with Gasteiger partial charge in [0, 0.05) is 31.4 Å². The predicted octanol–water partition coefficient (Wildman–Crippen LogP) is 3.82. The summed E-state index contributed by atoms with van der Waals surface area (Å²) in [6.45, 7) is 1.42. The Balaban J connectivity index is 1.60. The zero-order valence-electron chi connectivity index (χ0n) is 17.8. The number of rotatable bonds is 6. The van der Waals surface area contributed by atoms with Crippen molar-refractivity contribution in [2.45, 2.75) is 31.5 Å². The molecule has 12 heteroatoms. The van der Waals surface area contributed by atoms with E-state index in [9.17, 15) is 22.4 Å². The molecule has 2 aromatic rings. The third-order valence-corrected chi connectivity index (χ3v) is 5.60. The number of nitrogens with zero attached hydrogens (tertiary/aromatic N) is 3. The van der Waals surface area contributed by atoms with Crippen LogP contribution in [0.1, 0.15) is 35.2 Å². The van der Waals surface area contributed by atoms with Crippen molar-refractivity contribution in [3.05, 3.63) is 35.3 Å². The number of aromatic nitrogens is 2. The molecule has 33 heavy (non-hydrogen) atoms. The van der Waals surface area contributed by atoms with E-state index in [1.54, 1.807) is 0 Å². The molecule has 0 atom stereocenters. The lowest BCUT2D eigenvalue weighted by Crippen LogP contribution is -2.41. The van der Waals surface area contributed by atoms with Crippen molar-refractivity contribution >= 4 is 23.4 Å². The van der Waals surface area contributed by atoms with Crippen LogP contribution < -0.4 is 15.4 Å². The standard InChI is InChI=1S/C21H23F4N5O3/c1-32-17-9-13(19(31)30-5-7-33-8-6-30)15(22)10-16(17)28-20-26-11-14(21(23,24)25)18(29-20)27-12-3-2-4-12/h9-12H,2-8H2,1H3,(H2,26,27,28,29). The second-order valence-electron chi connectivity index (χ2n) is 7.79. The number of benzene rings is 1. The van der Waals surface area contributed by atoms with Crippen LogP contribution in [0.15, 0.2) is 18.3 Å². The van der Waals surface area contributed by atoms with E-state index in [4.69, 9.17) is 9.47 Å². The van der Waals surface area contributed by atoms with Crippen LogP contribution in [-0.4, -0.2) is 60.2 Å². The predicted molar refractivity (Wildman–Crippen MR) is 111 cm³/mol. The molecule has 0 spiro atoms. The Hall–Kier alpha value is -3.15. The first kappa shape index (κ1) is 23.0. The minimum absolute atomic E-state index is 0.0721. The molecule has 2 heterocycles. The van der Waals surface area contributed by atoms with Gasteiger partial charge in [0.2, 0.25) is 5.95 Å². The Morgan fingerprint density at radius 1 is 1.24 bits per heavy atom. The number of carbonyl (C=O) groups is 1. The van der Waals surface area contributed by atoms with Gasteiger partial charge in [0.25, 0.3) is 5.91 Å². The van der Waals surface area contributed by atoms with Crippen LogP contribution in [0.3, 0.4) is 0 Å². The summed E-state index contributed by atoms with van der Waals surface area (Å²) in [5.41, 5.74) is -1.09. The highest BCUT2D eigenvalue weighted by atomic mass is 19.4. The van der Waals surface area contributed by atoms with Crippen LogP contribution in [0.4, 0.5) is 35.0 Å². The summed E-state index contributed by atoms with van der Waals surface area (Å²) in [6.07, 6.45) is -1.52. The van der Waals surface area contributed by atoms with Gasteiger partial charge in [-0.25, -0.2) is 9.37 Å². The summed E-state index contributed by atoms with van der Waals surface area (Å²) < 4.78 is 65.4. The summed E-state index contributed by atoms with van der Waals surface area (Å²) in [4.78, 5) is 21.9. The monoisotopic (exact) mass is 469 g/mol. The fourth-order valence-corrected chi connectivity index (χ4v) is 3.55. The molecule has 0 bridgehead atoms. The Labute approximate surface area is 187 Å². The number of alkyl halides is 3. The number of nitrogens with one attached hydrogen (secondary N) is 2. The molecule has 1 amide bonds. The highest BCUT2D eigenvalue weighted by molar-refractivity contribution is 5.96. The summed E-state index contributed by atoms with van der Waals surface area (Å²) >= 11 is 0. The topological polar surface area (TPSA) is 88.6 Å². The largest absolute Gasteiger partial charge is 0.495 e. The zero-order chi connectivity index (χ0) is 23.6. The summed E-state index contributed by atoms with van der Waals surface area (Å²) in [5, 5.41) is 5.50. The van der Waals surface area contributed by atoms with Crippen molar-refractivity contribution in [3.8, 4) is 5.75 Å². The van der Waals surface area contributed by atoms with Crippen molar-refractivity contribution in [2.75, 3.05) is 44.0 Å². The lowest BCUT2D eigenvalue weighted by atomic mass is 9.93. The molecular weight excluding hydrogens is 446 g/mol. The van der Waals surface area contributed by atoms with Crippen LogP contribution in [-0.2, 0) is 10.9 Å². The number of hydrogen-bond donors (Lipinski definition) is 2. The Kier molecular flexibility index (Phi) is 6.54. The number of carbonyl (C=O) groups excluding carboxylic acids is 1. The maximum absolute atomic E-state index is 14.8. The number of anilines is 3. The van der Waals surface area contributed by atoms with E-state index in [2.05, 4.69) is 20.6 Å². The Bertz CT molecular complexity index is 1020. The minimum Gasteiger partial charge on any atom is -0.495 e. The van der Waals surface area contributed by atoms with E-state index in [0.717, 1.165) is 25.3 Å². The van der Waals surface area contributed by atoms with Crippen LogP contribution >= 0.6 is 0 Å². The fourth-order valence-electron chi connectivity index (χ4n) is 3.55. The van der Waals surface area contributed by atoms with E-state index < -0.39 is 23.5 Å². The Morgan fingerprint density at radius 2 is 1.97 bits per heavy atom. The van der Waals surface area contributed by atoms with E-state index >= 15 is 0 Å². The van der Waals surface area contributed by atoms with E-state index in [0.29, 0.717) is 32.5 Å². The third-order valence-electron chi connectivity index (χ3n) is 5.60. The molecule has 1 aliphatic heterocycles. The van der Waals surface area contributed by atoms with Crippen LogP contribution in [0.2, 0.25) is 0 Å². The first-order valence-corrected chi connectivity index (χ1v) is 10.5. The van der Waals surface area contributed by atoms with Gasteiger partial charge in [-0.2, -0.15) is 18.2 Å². The van der Waals surface area contributed by atoms with Crippen LogP contribution in [0, 0.1) is 5.82 Å². The van der Waals surface area contributed by atoms with Gasteiger partial charge in [-0.1, -0.05) is 0 Å². The van der Waals surface area contributed by atoms with Gasteiger partial charge in [-0.3, -0.25) is 4.79 Å². The average molecular weight is 469 g/mol. The summed E-state index contributed by atoms with van der Waals surface area (Å²) in [6, 6.07) is 2.19. The number of halogens is 4. The number of morpholine rings is 1. The highest BCUT2D eigenvalue weighted by Crippen LogP contribution is 2.37. The number of ether oxygens (including phenoxy) is 2. The second-order valence-corrected chi connectivity index (χ2v) is 7.79. The van der Waals surface area contributed by atoms with Crippen molar-refractivity contribution in [3.63, 3.8) is 0 Å². The van der Waals surface area contributed by atoms with Gasteiger partial charge in [0.05, 0.1) is 31.6 Å². The summed E-state index contributed by atoms with van der Waals surface area (Å²) in [5.74, 6) is -1.71. The Morgan fingerprint density at radius 3 is 2.58 bits per heavy atom. The maximum Gasteiger partial charge on any atom is 0.421 e. The first-order valence-electron chi connectivity index (χ1n) is 10.5. The minimum atomic E-state index is -4.63. The highest BCUT2D eigenvalue weighted by Gasteiger charge is 2.36. The normalized spacial score (nSPS) is 16.8. The fraction of sp³-hybridized carbons (Fsp3) is 0.476. The van der Waals surface area contributed by atoms with Gasteiger partial charge in [0.15, 0.2) is 0 Å². The molecule has 178 valence electrons. The number of amides is 1. The number of methoxy groups -OCH3 is 1. The molecule has 1 saturated heterocycles. The molecule has 0 unspecified atom stereocenters. The molecule has 4 rings (SSSR count). The van der Waals surface area contributed by atoms with Gasteiger partial charge in [0.1, 0.15) is 22.9 Å². The van der Waals surface area contributed by atoms with Gasteiger partial charge in [-0.15, -0.1) is 0 Å². The lowest BCUT2D eigenvalue weighted by molar-refractivity contribution is -0.137. The average Bonchev–Trinajstić information content (AvgIpc) is 2.76. The molecule has 2 N–H and O–H groups in total. The van der Waals surface area contributed by atoms with E-state index in [1.807, 2.05) is 0 Å². The summed E-state index contributed by atoms with van der Waals surface area (Å²) in [7, 11) is 1.33. The molecule has 2 fully saturated rings. The van der Waals surface area contributed by atoms with Crippen molar-refractivity contribution in [1.82, 2.24) is 14.9 Å². The molecule has 1 saturated carbocycles. The first-order chi connectivity index (χ1) is 15.8. The smallest absolute Gasteiger partial charge is 0.421 e. The van der Waals surface area contributed by atoms with Crippen molar-refractivity contribution in [1.29, 1.82) is 0 Å². The van der Waals surface area contributed by atoms with Gasteiger partial charge < -0.3 is 25.0 Å². The third kappa shape index (κ3) is 5.10. The van der Waals surface area contributed by atoms with Crippen LogP contribution in [0.5, 0.6) is 5.75 Å². The quantitative estimate of drug-likeness (QED) is 0.622. The van der Waals surface area contributed by atoms with E-state index in [-0.39, 0.29) is 34.8 Å². The number of hydrogen-bond acceptors (Lipinski definition) is 7. The molecular formula is C21H23F4N5O3. The van der Waals surface area contributed by atoms with Crippen molar-refractivity contribution < 1.29 is 31.8 Å². The molecule has 8 nitrogen and oxygen atoms in total. The molecule has 0 radical (unpaired) electrons. The SMILES string of the molecule is COc1cc(C(=O)N2CCOCC2)c(F)cc1Nc1ncc(C(F)(F)F)c(NC2CCC2)n1. The van der Waals surface area contributed by atoms with Gasteiger partial charge in [-0.05, 0) is 25.3 Å². The maximum atomic E-state index is 14.8. The van der Waals surface area contributed by atoms with Crippen molar-refractivity contribution in [2.24, 2.45) is 0 Å². The molecule has 1 aliphatic carbocycles. The van der Waals surface area contributed by atoms with Crippen LogP contribution in [0.25, 0.3) is 0 Å². The molecule has 1 aromatic heterocycles. The van der Waals surface area contributed by atoms with Gasteiger partial charge >= 0.3 is 6.18 Å².